The number of carbonyl (C=O) groups is 1. The van der Waals surface area contributed by atoms with E-state index in [0.717, 1.165) is 13.3 Å². The molecule has 7 nitrogen and oxygen atoms in total. The van der Waals surface area contributed by atoms with E-state index in [2.05, 4.69) is 9.97 Å². The molecule has 1 aromatic heterocycles. The summed E-state index contributed by atoms with van der Waals surface area (Å²) in [5.74, 6) is -1.50. The maximum Gasteiger partial charge on any atom is 0.323 e. The molecule has 1 rings (SSSR count). The average molecular weight is 300 g/mol. The third kappa shape index (κ3) is 3.18. The molecule has 2 N–H and O–H groups in total. The van der Waals surface area contributed by atoms with E-state index in [4.69, 9.17) is 28.3 Å². The number of aromatic nitrogens is 2. The Balaban J connectivity index is 3.11. The molecule has 0 aliphatic rings. The summed E-state index contributed by atoms with van der Waals surface area (Å²) in [6.45, 7) is 1.01. The molecule has 0 saturated heterocycles. The van der Waals surface area contributed by atoms with Crippen molar-refractivity contribution in [3.8, 4) is 0 Å². The summed E-state index contributed by atoms with van der Waals surface area (Å²) in [6, 6.07) is 0. The van der Waals surface area contributed by atoms with Crippen LogP contribution in [0, 0.1) is 0 Å². The predicted molar refractivity (Wildman–Crippen MR) is 61.7 cm³/mol. The summed E-state index contributed by atoms with van der Waals surface area (Å²) in [6.07, 6.45) is 1.04. The minimum absolute atomic E-state index is 0.217. The molecule has 94 valence electrons. The highest BCUT2D eigenvalue weighted by Gasteiger charge is 2.29. The monoisotopic (exact) mass is 299 g/mol. The number of anilines is 1. The van der Waals surface area contributed by atoms with Gasteiger partial charge in [-0.05, 0) is 6.92 Å². The van der Waals surface area contributed by atoms with Gasteiger partial charge in [-0.1, -0.05) is 23.2 Å². The maximum absolute atomic E-state index is 11.6. The summed E-state index contributed by atoms with van der Waals surface area (Å²) in [4.78, 5) is 17.6. The number of carboxylic acid groups (broad SMARTS) is 1. The highest BCUT2D eigenvalue weighted by molar-refractivity contribution is 7.94. The van der Waals surface area contributed by atoms with E-state index in [-0.39, 0.29) is 16.0 Å². The van der Waals surface area contributed by atoms with Gasteiger partial charge in [0.2, 0.25) is 10.0 Å². The molecule has 1 unspecified atom stereocenters. The van der Waals surface area contributed by atoms with E-state index in [1.54, 1.807) is 0 Å². The zero-order chi connectivity index (χ0) is 13.2. The molecule has 0 bridgehead atoms. The Morgan fingerprint density at radius 3 is 2.29 bits per heavy atom. The van der Waals surface area contributed by atoms with Crippen molar-refractivity contribution in [1.29, 1.82) is 0 Å². The Kier molecular flexibility index (Phi) is 4.12. The van der Waals surface area contributed by atoms with Crippen LogP contribution in [0.25, 0.3) is 0 Å². The fraction of sp³-hybridized carbons (Fsp3) is 0.286. The Labute approximate surface area is 107 Å². The molecule has 0 aliphatic heterocycles. The molecule has 0 saturated carbocycles. The summed E-state index contributed by atoms with van der Waals surface area (Å²) >= 11 is 11.2. The van der Waals surface area contributed by atoms with E-state index in [1.165, 1.54) is 0 Å². The first-order valence-corrected chi connectivity index (χ1v) is 6.46. The molecule has 0 radical (unpaired) electrons. The maximum atomic E-state index is 11.6. The van der Waals surface area contributed by atoms with Gasteiger partial charge in [-0.25, -0.2) is 18.4 Å². The van der Waals surface area contributed by atoms with Crippen LogP contribution >= 0.6 is 23.2 Å². The molecule has 10 heteroatoms. The van der Waals surface area contributed by atoms with E-state index in [1.807, 2.05) is 4.72 Å². The number of nitrogens with zero attached hydrogens (tertiary/aromatic N) is 2. The van der Waals surface area contributed by atoms with Gasteiger partial charge >= 0.3 is 5.97 Å². The second-order valence-electron chi connectivity index (χ2n) is 2.96. The number of carboxylic acids is 1. The van der Waals surface area contributed by atoms with Crippen molar-refractivity contribution >= 4 is 44.9 Å². The smallest absolute Gasteiger partial charge is 0.323 e. The number of rotatable bonds is 4. The van der Waals surface area contributed by atoms with Gasteiger partial charge in [-0.3, -0.25) is 9.52 Å². The quantitative estimate of drug-likeness (QED) is 0.803. The van der Waals surface area contributed by atoms with Crippen LogP contribution in [0.3, 0.4) is 0 Å². The standard InChI is InChI=1S/C7H7Cl2N3O4S/c1-3(7(13)14)17(15,16)12-4-5(8)10-2-11-6(4)9/h2-3,12H,1H3,(H,13,14). The van der Waals surface area contributed by atoms with Gasteiger partial charge in [-0.2, -0.15) is 0 Å². The topological polar surface area (TPSA) is 109 Å². The Hall–Kier alpha value is -1.12. The number of nitrogens with one attached hydrogen (secondary N) is 1. The lowest BCUT2D eigenvalue weighted by molar-refractivity contribution is -0.136. The highest BCUT2D eigenvalue weighted by Crippen LogP contribution is 2.27. The lowest BCUT2D eigenvalue weighted by atomic mass is 10.5. The van der Waals surface area contributed by atoms with Crippen LogP contribution in [0.2, 0.25) is 10.3 Å². The first-order chi connectivity index (χ1) is 7.75. The first-order valence-electron chi connectivity index (χ1n) is 4.16. The van der Waals surface area contributed by atoms with Gasteiger partial charge in [-0.15, -0.1) is 0 Å². The summed E-state index contributed by atoms with van der Waals surface area (Å²) < 4.78 is 25.1. The van der Waals surface area contributed by atoms with Crippen LogP contribution in [-0.4, -0.2) is 34.7 Å². The van der Waals surface area contributed by atoms with Gasteiger partial charge in [0.25, 0.3) is 0 Å². The van der Waals surface area contributed by atoms with Crippen molar-refractivity contribution in [2.45, 2.75) is 12.2 Å². The van der Waals surface area contributed by atoms with Crippen LogP contribution < -0.4 is 4.72 Å². The van der Waals surface area contributed by atoms with Crippen LogP contribution in [0.15, 0.2) is 6.33 Å². The van der Waals surface area contributed by atoms with E-state index in [0.29, 0.717) is 0 Å². The Morgan fingerprint density at radius 2 is 1.88 bits per heavy atom. The highest BCUT2D eigenvalue weighted by atomic mass is 35.5. The SMILES string of the molecule is CC(C(=O)O)S(=O)(=O)Nc1c(Cl)ncnc1Cl. The van der Waals surface area contributed by atoms with Crippen molar-refractivity contribution in [2.75, 3.05) is 4.72 Å². The average Bonchev–Trinajstić information content (AvgIpc) is 2.22. The zero-order valence-corrected chi connectivity index (χ0v) is 10.7. The third-order valence-electron chi connectivity index (χ3n) is 1.81. The molecule has 17 heavy (non-hydrogen) atoms. The lowest BCUT2D eigenvalue weighted by Crippen LogP contribution is -2.32. The van der Waals surface area contributed by atoms with Crippen molar-refractivity contribution in [2.24, 2.45) is 0 Å². The number of sulfonamides is 1. The molecule has 0 spiro atoms. The third-order valence-corrected chi connectivity index (χ3v) is 4.01. The van der Waals surface area contributed by atoms with Crippen LogP contribution in [-0.2, 0) is 14.8 Å². The van der Waals surface area contributed by atoms with Crippen LogP contribution in [0.5, 0.6) is 0 Å². The van der Waals surface area contributed by atoms with Crippen molar-refractivity contribution in [1.82, 2.24) is 9.97 Å². The Morgan fingerprint density at radius 1 is 1.41 bits per heavy atom. The molecule has 0 aliphatic carbocycles. The van der Waals surface area contributed by atoms with Crippen LogP contribution in [0.4, 0.5) is 5.69 Å². The lowest BCUT2D eigenvalue weighted by Gasteiger charge is -2.12. The zero-order valence-electron chi connectivity index (χ0n) is 8.39. The molecule has 1 aromatic rings. The van der Waals surface area contributed by atoms with Gasteiger partial charge in [0, 0.05) is 0 Å². The van der Waals surface area contributed by atoms with Crippen molar-refractivity contribution in [3.63, 3.8) is 0 Å². The molecule has 1 atom stereocenters. The molecular weight excluding hydrogens is 293 g/mol. The second-order valence-corrected chi connectivity index (χ2v) is 5.68. The van der Waals surface area contributed by atoms with Gasteiger partial charge < -0.3 is 5.11 Å². The molecule has 0 amide bonds. The molecule has 1 heterocycles. The van der Waals surface area contributed by atoms with Gasteiger partial charge in [0.05, 0.1) is 0 Å². The van der Waals surface area contributed by atoms with Gasteiger partial charge in [0.15, 0.2) is 15.6 Å². The number of hydrogen-bond acceptors (Lipinski definition) is 5. The van der Waals surface area contributed by atoms with Crippen molar-refractivity contribution < 1.29 is 18.3 Å². The first kappa shape index (κ1) is 13.9. The molecule has 0 aromatic carbocycles. The number of hydrogen-bond donors (Lipinski definition) is 2. The second kappa shape index (κ2) is 5.03. The van der Waals surface area contributed by atoms with Crippen LogP contribution in [0.1, 0.15) is 6.92 Å². The molecular formula is C7H7Cl2N3O4S. The summed E-state index contributed by atoms with van der Waals surface area (Å²) in [7, 11) is -4.16. The fourth-order valence-electron chi connectivity index (χ4n) is 0.792. The normalized spacial score (nSPS) is 13.1. The summed E-state index contributed by atoms with van der Waals surface area (Å²) in [5, 5.41) is 6.53. The predicted octanol–water partition coefficient (Wildman–Crippen LogP) is 0.998. The minimum atomic E-state index is -4.16. The van der Waals surface area contributed by atoms with E-state index < -0.39 is 21.2 Å². The minimum Gasteiger partial charge on any atom is -0.480 e. The Bertz CT molecular complexity index is 528. The largest absolute Gasteiger partial charge is 0.480 e. The number of halogens is 2. The van der Waals surface area contributed by atoms with Crippen molar-refractivity contribution in [3.05, 3.63) is 16.6 Å². The van der Waals surface area contributed by atoms with E-state index >= 15 is 0 Å². The fourth-order valence-corrected chi connectivity index (χ4v) is 2.23. The molecule has 0 fully saturated rings. The van der Waals surface area contributed by atoms with Gasteiger partial charge in [0.1, 0.15) is 12.0 Å². The number of aliphatic carboxylic acids is 1. The van der Waals surface area contributed by atoms with E-state index in [9.17, 15) is 13.2 Å². The summed E-state index contributed by atoms with van der Waals surface area (Å²) in [5.41, 5.74) is -0.246.